The third-order valence-corrected chi connectivity index (χ3v) is 9.02. The molecular weight excluding hydrogens is 519 g/mol. The van der Waals surface area contributed by atoms with E-state index in [4.69, 9.17) is 33.2 Å². The highest BCUT2D eigenvalue weighted by molar-refractivity contribution is 6.43. The molecular formula is C29H30Cl2N6O. The van der Waals surface area contributed by atoms with E-state index in [2.05, 4.69) is 34.1 Å². The molecule has 1 aromatic heterocycles. The van der Waals surface area contributed by atoms with Crippen molar-refractivity contribution in [1.29, 1.82) is 0 Å². The lowest BCUT2D eigenvalue weighted by atomic mass is 9.96. The fourth-order valence-corrected chi connectivity index (χ4v) is 6.92. The zero-order valence-corrected chi connectivity index (χ0v) is 23.0. The summed E-state index contributed by atoms with van der Waals surface area (Å²) < 4.78 is 0. The Bertz CT molecular complexity index is 1560. The van der Waals surface area contributed by atoms with Gasteiger partial charge in [0.2, 0.25) is 5.95 Å². The molecule has 3 aromatic carbocycles. The van der Waals surface area contributed by atoms with Gasteiger partial charge >= 0.3 is 0 Å². The second-order valence-electron chi connectivity index (χ2n) is 11.1. The topological polar surface area (TPSA) is 67.8 Å². The molecule has 0 amide bonds. The minimum absolute atomic E-state index is 0.168. The van der Waals surface area contributed by atoms with E-state index >= 15 is 0 Å². The molecule has 7 rings (SSSR count). The number of aromatic nitrogens is 2. The Morgan fingerprint density at radius 3 is 2.39 bits per heavy atom. The van der Waals surface area contributed by atoms with Crippen molar-refractivity contribution in [3.63, 3.8) is 0 Å². The number of phenols is 1. The van der Waals surface area contributed by atoms with Crippen LogP contribution >= 0.6 is 23.2 Å². The Labute approximate surface area is 232 Å². The van der Waals surface area contributed by atoms with Crippen LogP contribution in [-0.4, -0.2) is 78.4 Å². The van der Waals surface area contributed by atoms with Crippen LogP contribution in [0.4, 0.5) is 11.8 Å². The molecule has 2 atom stereocenters. The number of nitrogens with one attached hydrogen (secondary N) is 1. The first-order chi connectivity index (χ1) is 18.4. The Kier molecular flexibility index (Phi) is 5.82. The third kappa shape index (κ3) is 3.95. The first-order valence-electron chi connectivity index (χ1n) is 13.2. The lowest BCUT2D eigenvalue weighted by Gasteiger charge is -2.43. The normalized spacial score (nSPS) is 21.6. The average molecular weight is 550 g/mol. The second kappa shape index (κ2) is 9.12. The number of aromatic hydroxyl groups is 1. The number of phenolic OH excluding ortho intramolecular Hbond substituents is 1. The van der Waals surface area contributed by atoms with Crippen LogP contribution in [-0.2, 0) is 0 Å². The molecule has 3 saturated heterocycles. The Morgan fingerprint density at radius 2 is 1.66 bits per heavy atom. The zero-order valence-electron chi connectivity index (χ0n) is 21.5. The molecule has 3 aliphatic heterocycles. The van der Waals surface area contributed by atoms with Crippen LogP contribution in [0.5, 0.6) is 5.75 Å². The van der Waals surface area contributed by atoms with E-state index < -0.39 is 0 Å². The number of benzene rings is 3. The van der Waals surface area contributed by atoms with Crippen molar-refractivity contribution in [2.75, 3.05) is 50.1 Å². The van der Waals surface area contributed by atoms with E-state index in [1.54, 1.807) is 12.1 Å². The first-order valence-corrected chi connectivity index (χ1v) is 14.0. The van der Waals surface area contributed by atoms with E-state index in [0.717, 1.165) is 53.7 Å². The van der Waals surface area contributed by atoms with Gasteiger partial charge in [-0.1, -0.05) is 47.5 Å². The summed E-state index contributed by atoms with van der Waals surface area (Å²) in [4.78, 5) is 17.0. The van der Waals surface area contributed by atoms with E-state index in [0.29, 0.717) is 45.2 Å². The number of anilines is 2. The fourth-order valence-electron chi connectivity index (χ4n) is 6.21. The molecule has 3 fully saturated rings. The second-order valence-corrected chi connectivity index (χ2v) is 11.9. The van der Waals surface area contributed by atoms with E-state index in [1.165, 1.54) is 12.8 Å². The van der Waals surface area contributed by atoms with Gasteiger partial charge < -0.3 is 25.1 Å². The predicted octanol–water partition coefficient (Wildman–Crippen LogP) is 5.15. The minimum Gasteiger partial charge on any atom is -0.508 e. The summed E-state index contributed by atoms with van der Waals surface area (Å²) in [6.45, 7) is 3.55. The predicted molar refractivity (Wildman–Crippen MR) is 156 cm³/mol. The lowest BCUT2D eigenvalue weighted by molar-refractivity contribution is 0.245. The van der Waals surface area contributed by atoms with Crippen LogP contribution in [0.15, 0.2) is 42.5 Å². The molecule has 2 bridgehead atoms. The van der Waals surface area contributed by atoms with Crippen LogP contribution in [0.25, 0.3) is 32.8 Å². The molecule has 0 radical (unpaired) electrons. The maximum Gasteiger partial charge on any atom is 0.228 e. The van der Waals surface area contributed by atoms with Crippen LogP contribution in [0.3, 0.4) is 0 Å². The summed E-state index contributed by atoms with van der Waals surface area (Å²) in [6, 6.07) is 14.8. The van der Waals surface area contributed by atoms with Crippen LogP contribution in [0.1, 0.15) is 12.8 Å². The van der Waals surface area contributed by atoms with Gasteiger partial charge in [0.15, 0.2) is 0 Å². The van der Waals surface area contributed by atoms with Gasteiger partial charge in [0, 0.05) is 55.3 Å². The van der Waals surface area contributed by atoms with E-state index in [-0.39, 0.29) is 5.75 Å². The van der Waals surface area contributed by atoms with Gasteiger partial charge in [-0.05, 0) is 61.5 Å². The molecule has 9 heteroatoms. The molecule has 3 aliphatic rings. The molecule has 4 heterocycles. The highest BCUT2D eigenvalue weighted by Crippen LogP contribution is 2.46. The summed E-state index contributed by atoms with van der Waals surface area (Å²) in [5.74, 6) is 1.77. The van der Waals surface area contributed by atoms with Crippen LogP contribution in [0, 0.1) is 0 Å². The molecule has 0 unspecified atom stereocenters. The van der Waals surface area contributed by atoms with E-state index in [9.17, 15) is 5.11 Å². The van der Waals surface area contributed by atoms with Gasteiger partial charge in [0.05, 0.1) is 15.6 Å². The highest BCUT2D eigenvalue weighted by Gasteiger charge is 2.36. The van der Waals surface area contributed by atoms with Crippen molar-refractivity contribution in [3.8, 4) is 16.9 Å². The molecule has 7 nitrogen and oxygen atoms in total. The summed E-state index contributed by atoms with van der Waals surface area (Å²) in [5, 5.41) is 18.0. The van der Waals surface area contributed by atoms with Crippen molar-refractivity contribution >= 4 is 56.6 Å². The molecule has 2 N–H and O–H groups in total. The van der Waals surface area contributed by atoms with E-state index in [1.807, 2.05) is 30.3 Å². The van der Waals surface area contributed by atoms with Gasteiger partial charge in [-0.3, -0.25) is 0 Å². The largest absolute Gasteiger partial charge is 0.508 e. The summed E-state index contributed by atoms with van der Waals surface area (Å²) >= 11 is 14.2. The smallest absolute Gasteiger partial charge is 0.228 e. The van der Waals surface area contributed by atoms with Crippen molar-refractivity contribution < 1.29 is 5.11 Å². The standard InChI is InChI=1S/C29H30Cl2N6O/c1-35(2)19-14-37(15-19)29-33-27-23(28(34-29)36-12-17-7-8-18(13-36)32-17)11-24(30)25(26(27)31)22-10-20(38)9-16-5-3-4-6-21(16)22/h3-6,9-11,17-19,32,38H,7-8,12-15H2,1-2H3/t17-,18+. The van der Waals surface area contributed by atoms with Gasteiger partial charge in [-0.25, -0.2) is 4.98 Å². The lowest BCUT2D eigenvalue weighted by Crippen LogP contribution is -2.58. The Balaban J connectivity index is 1.43. The minimum atomic E-state index is 0.168. The van der Waals surface area contributed by atoms with Crippen molar-refractivity contribution in [2.45, 2.75) is 31.0 Å². The van der Waals surface area contributed by atoms with Crippen molar-refractivity contribution in [2.24, 2.45) is 0 Å². The number of rotatable bonds is 4. The summed E-state index contributed by atoms with van der Waals surface area (Å²) in [6.07, 6.45) is 2.37. The van der Waals surface area contributed by atoms with Gasteiger partial charge in [-0.15, -0.1) is 0 Å². The Hall–Kier alpha value is -2.84. The zero-order chi connectivity index (χ0) is 26.1. The van der Waals surface area contributed by atoms with Crippen LogP contribution < -0.4 is 15.1 Å². The quantitative estimate of drug-likeness (QED) is 0.365. The number of likely N-dealkylation sites (N-methyl/N-ethyl adjacent to an activating group) is 1. The molecule has 196 valence electrons. The SMILES string of the molecule is CN(C)C1CN(c2nc(N3C[C@H]4CC[C@@H](C3)N4)c3cc(Cl)c(-c4cc(O)cc5ccccc45)c(Cl)c3n2)C1. The maximum absolute atomic E-state index is 10.5. The van der Waals surface area contributed by atoms with Gasteiger partial charge in [0.25, 0.3) is 0 Å². The number of halogens is 2. The van der Waals surface area contributed by atoms with Crippen molar-refractivity contribution in [3.05, 3.63) is 52.5 Å². The number of piperazine rings is 1. The first kappa shape index (κ1) is 24.2. The van der Waals surface area contributed by atoms with Crippen molar-refractivity contribution in [1.82, 2.24) is 20.2 Å². The van der Waals surface area contributed by atoms with Gasteiger partial charge in [-0.2, -0.15) is 4.98 Å². The third-order valence-electron chi connectivity index (χ3n) is 8.36. The number of hydrogen-bond donors (Lipinski definition) is 2. The highest BCUT2D eigenvalue weighted by atomic mass is 35.5. The summed E-state index contributed by atoms with van der Waals surface area (Å²) in [7, 11) is 4.21. The number of nitrogens with zero attached hydrogens (tertiary/aromatic N) is 5. The fraction of sp³-hybridized carbons (Fsp3) is 0.379. The molecule has 0 saturated carbocycles. The molecule has 0 spiro atoms. The summed E-state index contributed by atoms with van der Waals surface area (Å²) in [5.41, 5.74) is 2.16. The Morgan fingerprint density at radius 1 is 0.921 bits per heavy atom. The maximum atomic E-state index is 10.5. The monoisotopic (exact) mass is 548 g/mol. The van der Waals surface area contributed by atoms with Crippen LogP contribution in [0.2, 0.25) is 10.0 Å². The molecule has 0 aliphatic carbocycles. The molecule has 38 heavy (non-hydrogen) atoms. The number of hydrogen-bond acceptors (Lipinski definition) is 7. The molecule has 4 aromatic rings. The van der Waals surface area contributed by atoms with Gasteiger partial charge in [0.1, 0.15) is 11.6 Å². The average Bonchev–Trinajstić information content (AvgIpc) is 3.20. The number of fused-ring (bicyclic) bond motifs is 4.